The van der Waals surface area contributed by atoms with Gasteiger partial charge in [-0.15, -0.1) is 0 Å². The van der Waals surface area contributed by atoms with E-state index in [-0.39, 0.29) is 12.7 Å². The molecular formula is C25H20ClN3O4. The van der Waals surface area contributed by atoms with Crippen LogP contribution >= 0.6 is 11.6 Å². The number of furan rings is 1. The van der Waals surface area contributed by atoms with Crippen LogP contribution in [0.5, 0.6) is 11.5 Å². The Morgan fingerprint density at radius 3 is 2.79 bits per heavy atom. The molecule has 1 aliphatic heterocycles. The third-order valence-electron chi connectivity index (χ3n) is 6.01. The zero-order chi connectivity index (χ0) is 22.5. The first-order valence-electron chi connectivity index (χ1n) is 10.7. The van der Waals surface area contributed by atoms with Crippen molar-refractivity contribution in [2.45, 2.75) is 26.3 Å². The number of anilines is 1. The number of halogens is 1. The lowest BCUT2D eigenvalue weighted by Crippen LogP contribution is -2.12. The summed E-state index contributed by atoms with van der Waals surface area (Å²) in [5, 5.41) is 8.44. The Kier molecular flexibility index (Phi) is 4.66. The number of aromatic nitrogens is 2. The van der Waals surface area contributed by atoms with Gasteiger partial charge in [0.15, 0.2) is 17.3 Å². The van der Waals surface area contributed by atoms with Crippen molar-refractivity contribution in [1.29, 1.82) is 0 Å². The van der Waals surface area contributed by atoms with Crippen LogP contribution in [0.2, 0.25) is 5.02 Å². The number of carbonyl (C=O) groups excluding carboxylic acids is 1. The van der Waals surface area contributed by atoms with Crippen molar-refractivity contribution < 1.29 is 18.7 Å². The number of carbonyl (C=O) groups is 1. The first kappa shape index (κ1) is 19.9. The summed E-state index contributed by atoms with van der Waals surface area (Å²) < 4.78 is 18.7. The zero-order valence-corrected chi connectivity index (χ0v) is 18.6. The standard InChI is InChI=1S/C25H20ClN3O4/c1-14-22-20(33-24(14)25(30)27-18-7-9-19-21(10-18)32-13-31-19)8-4-16-12-29(28-23(16)22)11-15-2-5-17(26)6-3-15/h2-3,5-7,9-10,12H,4,8,11,13H2,1H3,(H,27,30). The molecule has 2 aliphatic rings. The molecule has 8 heteroatoms. The van der Waals surface area contributed by atoms with E-state index in [4.69, 9.17) is 30.6 Å². The molecule has 0 spiro atoms. The van der Waals surface area contributed by atoms with Gasteiger partial charge in [-0.05, 0) is 48.7 Å². The summed E-state index contributed by atoms with van der Waals surface area (Å²) >= 11 is 6.00. The summed E-state index contributed by atoms with van der Waals surface area (Å²) in [6, 6.07) is 13.0. The van der Waals surface area contributed by atoms with E-state index in [9.17, 15) is 4.79 Å². The summed E-state index contributed by atoms with van der Waals surface area (Å²) in [6.07, 6.45) is 3.62. The highest BCUT2D eigenvalue weighted by Gasteiger charge is 2.30. The van der Waals surface area contributed by atoms with Gasteiger partial charge in [0.1, 0.15) is 5.76 Å². The van der Waals surface area contributed by atoms with Crippen LogP contribution in [0.4, 0.5) is 5.69 Å². The lowest BCUT2D eigenvalue weighted by atomic mass is 9.93. The molecule has 2 aromatic heterocycles. The lowest BCUT2D eigenvalue weighted by Gasteiger charge is -2.09. The fourth-order valence-electron chi connectivity index (χ4n) is 4.40. The second kappa shape index (κ2) is 7.71. The number of nitrogens with zero attached hydrogens (tertiary/aromatic N) is 2. The van der Waals surface area contributed by atoms with Crippen LogP contribution in [0.1, 0.15) is 33.0 Å². The highest BCUT2D eigenvalue weighted by molar-refractivity contribution is 6.30. The van der Waals surface area contributed by atoms with Crippen molar-refractivity contribution in [2.75, 3.05) is 12.1 Å². The van der Waals surface area contributed by atoms with Gasteiger partial charge >= 0.3 is 0 Å². The molecule has 0 bridgehead atoms. The fraction of sp³-hybridized carbons (Fsp3) is 0.200. The lowest BCUT2D eigenvalue weighted by molar-refractivity contribution is 0.0994. The zero-order valence-electron chi connectivity index (χ0n) is 17.9. The molecule has 2 aromatic carbocycles. The average molecular weight is 462 g/mol. The van der Waals surface area contributed by atoms with Crippen LogP contribution in [-0.2, 0) is 19.4 Å². The Labute approximate surface area is 194 Å². The van der Waals surface area contributed by atoms with Crippen molar-refractivity contribution in [3.63, 3.8) is 0 Å². The van der Waals surface area contributed by atoms with Crippen LogP contribution < -0.4 is 14.8 Å². The molecule has 3 heterocycles. The number of hydrogen-bond acceptors (Lipinski definition) is 5. The first-order valence-corrected chi connectivity index (χ1v) is 11.1. The van der Waals surface area contributed by atoms with E-state index < -0.39 is 0 Å². The van der Waals surface area contributed by atoms with Gasteiger partial charge in [0, 0.05) is 40.5 Å². The molecule has 33 heavy (non-hydrogen) atoms. The Balaban J connectivity index is 1.27. The summed E-state index contributed by atoms with van der Waals surface area (Å²) in [6.45, 7) is 2.74. The maximum absolute atomic E-state index is 13.0. The smallest absolute Gasteiger partial charge is 0.291 e. The number of fused-ring (bicyclic) bond motifs is 4. The molecule has 6 rings (SSSR count). The highest BCUT2D eigenvalue weighted by Crippen LogP contribution is 2.39. The molecule has 1 amide bonds. The van der Waals surface area contributed by atoms with E-state index in [2.05, 4.69) is 11.5 Å². The van der Waals surface area contributed by atoms with Crippen molar-refractivity contribution in [3.05, 3.63) is 81.9 Å². The van der Waals surface area contributed by atoms with Gasteiger partial charge in [-0.1, -0.05) is 23.7 Å². The number of nitrogens with one attached hydrogen (secondary N) is 1. The monoisotopic (exact) mass is 461 g/mol. The van der Waals surface area contributed by atoms with Crippen LogP contribution in [-0.4, -0.2) is 22.5 Å². The van der Waals surface area contributed by atoms with Crippen molar-refractivity contribution in [2.24, 2.45) is 0 Å². The van der Waals surface area contributed by atoms with Crippen molar-refractivity contribution >= 4 is 23.2 Å². The van der Waals surface area contributed by atoms with E-state index >= 15 is 0 Å². The van der Waals surface area contributed by atoms with E-state index in [0.717, 1.165) is 46.5 Å². The summed E-state index contributed by atoms with van der Waals surface area (Å²) in [7, 11) is 0. The predicted octanol–water partition coefficient (Wildman–Crippen LogP) is 5.23. The third-order valence-corrected chi connectivity index (χ3v) is 6.26. The minimum Gasteiger partial charge on any atom is -0.455 e. The Hall–Kier alpha value is -3.71. The van der Waals surface area contributed by atoms with E-state index in [1.54, 1.807) is 18.2 Å². The summed E-state index contributed by atoms with van der Waals surface area (Å²) in [5.41, 5.74) is 5.48. The van der Waals surface area contributed by atoms with Gasteiger partial charge in [-0.25, -0.2) is 0 Å². The van der Waals surface area contributed by atoms with Gasteiger partial charge in [0.2, 0.25) is 6.79 Å². The van der Waals surface area contributed by atoms with Crippen LogP contribution in [0.3, 0.4) is 0 Å². The molecule has 7 nitrogen and oxygen atoms in total. The number of ether oxygens (including phenoxy) is 2. The van der Waals surface area contributed by atoms with E-state index in [1.165, 1.54) is 0 Å². The molecule has 0 radical (unpaired) electrons. The van der Waals surface area contributed by atoms with Crippen LogP contribution in [0, 0.1) is 6.92 Å². The quantitative estimate of drug-likeness (QED) is 0.450. The number of aryl methyl sites for hydroxylation is 2. The molecule has 0 saturated carbocycles. The summed E-state index contributed by atoms with van der Waals surface area (Å²) in [5.74, 6) is 2.08. The molecular weight excluding hydrogens is 442 g/mol. The maximum atomic E-state index is 13.0. The average Bonchev–Trinajstić information content (AvgIpc) is 3.51. The first-order chi connectivity index (χ1) is 16.0. The summed E-state index contributed by atoms with van der Waals surface area (Å²) in [4.78, 5) is 13.0. The SMILES string of the molecule is Cc1c(C(=O)Nc2ccc3c(c2)OCO3)oc2c1-c1nn(Cc3ccc(Cl)cc3)cc1CC2. The van der Waals surface area contributed by atoms with Crippen molar-refractivity contribution in [1.82, 2.24) is 9.78 Å². The topological polar surface area (TPSA) is 78.5 Å². The molecule has 4 aromatic rings. The largest absolute Gasteiger partial charge is 0.455 e. The van der Waals surface area contributed by atoms with Gasteiger partial charge in [0.25, 0.3) is 5.91 Å². The van der Waals surface area contributed by atoms with Crippen LogP contribution in [0.25, 0.3) is 11.3 Å². The van der Waals surface area contributed by atoms with Gasteiger partial charge in [-0.2, -0.15) is 5.10 Å². The molecule has 0 saturated heterocycles. The maximum Gasteiger partial charge on any atom is 0.291 e. The minimum absolute atomic E-state index is 0.184. The Morgan fingerprint density at radius 2 is 1.94 bits per heavy atom. The van der Waals surface area contributed by atoms with Crippen molar-refractivity contribution in [3.8, 4) is 22.8 Å². The molecule has 0 atom stereocenters. The number of benzene rings is 2. The highest BCUT2D eigenvalue weighted by atomic mass is 35.5. The molecule has 0 unspecified atom stereocenters. The second-order valence-corrected chi connectivity index (χ2v) is 8.64. The number of hydrogen-bond donors (Lipinski definition) is 1. The fourth-order valence-corrected chi connectivity index (χ4v) is 4.53. The van der Waals surface area contributed by atoms with Gasteiger partial charge in [0.05, 0.1) is 12.2 Å². The normalized spacial score (nSPS) is 13.5. The number of amides is 1. The Morgan fingerprint density at radius 1 is 1.12 bits per heavy atom. The number of rotatable bonds is 4. The van der Waals surface area contributed by atoms with Gasteiger partial charge < -0.3 is 19.2 Å². The van der Waals surface area contributed by atoms with E-state index in [0.29, 0.717) is 34.5 Å². The van der Waals surface area contributed by atoms with Crippen LogP contribution in [0.15, 0.2) is 53.1 Å². The van der Waals surface area contributed by atoms with E-state index in [1.807, 2.05) is 35.9 Å². The molecule has 0 fully saturated rings. The Bertz CT molecular complexity index is 1390. The minimum atomic E-state index is -0.303. The molecule has 1 aliphatic carbocycles. The van der Waals surface area contributed by atoms with Gasteiger partial charge in [-0.3, -0.25) is 9.48 Å². The third kappa shape index (κ3) is 3.54. The second-order valence-electron chi connectivity index (χ2n) is 8.20. The molecule has 166 valence electrons. The molecule has 1 N–H and O–H groups in total. The predicted molar refractivity (Wildman–Crippen MR) is 123 cm³/mol.